The maximum absolute atomic E-state index is 8.93. The molecule has 0 saturated carbocycles. The zero-order valence-electron chi connectivity index (χ0n) is 18.9. The zero-order chi connectivity index (χ0) is 22.3. The van der Waals surface area contributed by atoms with Crippen LogP contribution in [0.2, 0.25) is 0 Å². The third kappa shape index (κ3) is 9.92. The summed E-state index contributed by atoms with van der Waals surface area (Å²) >= 11 is 0. The summed E-state index contributed by atoms with van der Waals surface area (Å²) in [5, 5.41) is 15.5. The van der Waals surface area contributed by atoms with Gasteiger partial charge in [-0.05, 0) is 36.8 Å². The minimum atomic E-state index is -0.0493. The molecule has 0 heterocycles. The maximum Gasteiger partial charge on any atom is 0.196 e. The summed E-state index contributed by atoms with van der Waals surface area (Å²) in [6.07, 6.45) is 0.839. The average molecular weight is 559 g/mol. The molecule has 0 fully saturated rings. The van der Waals surface area contributed by atoms with Crippen molar-refractivity contribution in [3.05, 3.63) is 48.0 Å². The van der Waals surface area contributed by atoms with Gasteiger partial charge in [-0.15, -0.1) is 24.0 Å². The van der Waals surface area contributed by atoms with Gasteiger partial charge in [-0.3, -0.25) is 0 Å². The van der Waals surface area contributed by atoms with Gasteiger partial charge in [-0.25, -0.2) is 4.99 Å². The van der Waals surface area contributed by atoms with E-state index in [-0.39, 0.29) is 37.2 Å². The molecule has 178 valence electrons. The quantitative estimate of drug-likeness (QED) is 0.149. The first-order valence-corrected chi connectivity index (χ1v) is 10.4. The van der Waals surface area contributed by atoms with Crippen molar-refractivity contribution < 1.29 is 24.1 Å². The molecule has 8 nitrogen and oxygen atoms in total. The van der Waals surface area contributed by atoms with Crippen LogP contribution in [0.1, 0.15) is 18.9 Å². The van der Waals surface area contributed by atoms with Crippen molar-refractivity contribution in [1.29, 1.82) is 0 Å². The lowest BCUT2D eigenvalue weighted by Gasteiger charge is -2.14. The molecule has 0 unspecified atom stereocenters. The van der Waals surface area contributed by atoms with Crippen molar-refractivity contribution in [2.75, 3.05) is 52.5 Å². The number of anilines is 1. The number of benzene rings is 2. The van der Waals surface area contributed by atoms with E-state index in [2.05, 4.69) is 15.6 Å². The van der Waals surface area contributed by atoms with Gasteiger partial charge in [0.2, 0.25) is 0 Å². The second kappa shape index (κ2) is 16.4. The molecule has 0 aliphatic carbocycles. The van der Waals surface area contributed by atoms with Crippen LogP contribution >= 0.6 is 24.0 Å². The van der Waals surface area contributed by atoms with E-state index in [4.69, 9.17) is 24.1 Å². The molecule has 3 N–H and O–H groups in total. The Morgan fingerprint density at radius 3 is 2.56 bits per heavy atom. The Labute approximate surface area is 207 Å². The highest BCUT2D eigenvalue weighted by Crippen LogP contribution is 2.28. The predicted molar refractivity (Wildman–Crippen MR) is 138 cm³/mol. The molecule has 0 aliphatic heterocycles. The van der Waals surface area contributed by atoms with Crippen LogP contribution in [0.5, 0.6) is 17.2 Å². The van der Waals surface area contributed by atoms with Gasteiger partial charge >= 0.3 is 0 Å². The Hall–Kier alpha value is -2.24. The number of aliphatic imine (C=N–C) groups is 1. The molecule has 0 spiro atoms. The van der Waals surface area contributed by atoms with Gasteiger partial charge in [0.05, 0.1) is 26.9 Å². The fraction of sp³-hybridized carbons (Fsp3) is 0.435. The second-order valence-electron chi connectivity index (χ2n) is 6.60. The number of nitrogens with one attached hydrogen (secondary N) is 2. The molecule has 0 radical (unpaired) electrons. The molecular formula is C23H34IN3O5. The molecule has 0 amide bonds. The van der Waals surface area contributed by atoms with Crippen LogP contribution in [-0.4, -0.2) is 58.3 Å². The normalized spacial score (nSPS) is 10.8. The molecular weight excluding hydrogens is 525 g/mol. The first-order valence-electron chi connectivity index (χ1n) is 10.4. The highest BCUT2D eigenvalue weighted by Gasteiger charge is 2.07. The fourth-order valence-electron chi connectivity index (χ4n) is 2.76. The van der Waals surface area contributed by atoms with E-state index >= 15 is 0 Å². The summed E-state index contributed by atoms with van der Waals surface area (Å²) in [6, 6.07) is 13.4. The summed E-state index contributed by atoms with van der Waals surface area (Å²) in [5.41, 5.74) is 1.86. The summed E-state index contributed by atoms with van der Waals surface area (Å²) in [7, 11) is 3.27. The Bertz CT molecular complexity index is 820. The van der Waals surface area contributed by atoms with Gasteiger partial charge in [0.15, 0.2) is 17.5 Å². The van der Waals surface area contributed by atoms with Crippen molar-refractivity contribution in [2.24, 2.45) is 4.99 Å². The number of guanidine groups is 1. The summed E-state index contributed by atoms with van der Waals surface area (Å²) < 4.78 is 21.7. The number of halogens is 1. The van der Waals surface area contributed by atoms with Gasteiger partial charge in [0, 0.05) is 38.4 Å². The number of methoxy groups -OCH3 is 2. The van der Waals surface area contributed by atoms with Crippen LogP contribution in [0, 0.1) is 0 Å². The number of hydrogen-bond acceptors (Lipinski definition) is 6. The Morgan fingerprint density at radius 2 is 1.84 bits per heavy atom. The van der Waals surface area contributed by atoms with Gasteiger partial charge in [-0.1, -0.05) is 12.1 Å². The van der Waals surface area contributed by atoms with E-state index in [1.54, 1.807) is 14.2 Å². The van der Waals surface area contributed by atoms with E-state index in [9.17, 15) is 0 Å². The molecule has 0 bridgehead atoms. The molecule has 32 heavy (non-hydrogen) atoms. The number of hydrogen-bond donors (Lipinski definition) is 3. The average Bonchev–Trinajstić information content (AvgIpc) is 2.79. The van der Waals surface area contributed by atoms with Crippen molar-refractivity contribution in [3.63, 3.8) is 0 Å². The maximum atomic E-state index is 8.93. The fourth-order valence-corrected chi connectivity index (χ4v) is 2.76. The highest BCUT2D eigenvalue weighted by atomic mass is 127. The van der Waals surface area contributed by atoms with Crippen molar-refractivity contribution >= 4 is 35.6 Å². The predicted octanol–water partition coefficient (Wildman–Crippen LogP) is 3.68. The highest BCUT2D eigenvalue weighted by molar-refractivity contribution is 14.0. The van der Waals surface area contributed by atoms with Crippen LogP contribution in [0.15, 0.2) is 47.5 Å². The third-order valence-corrected chi connectivity index (χ3v) is 4.20. The topological polar surface area (TPSA) is 93.6 Å². The van der Waals surface area contributed by atoms with Crippen LogP contribution < -0.4 is 24.8 Å². The Morgan fingerprint density at radius 1 is 1.00 bits per heavy atom. The lowest BCUT2D eigenvalue weighted by atomic mass is 10.2. The monoisotopic (exact) mass is 559 g/mol. The number of ether oxygens (including phenoxy) is 4. The smallest absolute Gasteiger partial charge is 0.196 e. The number of aliphatic hydroxyl groups is 1. The van der Waals surface area contributed by atoms with Gasteiger partial charge in [-0.2, -0.15) is 0 Å². The van der Waals surface area contributed by atoms with Crippen LogP contribution in [0.3, 0.4) is 0 Å². The van der Waals surface area contributed by atoms with E-state index in [0.717, 1.165) is 30.0 Å². The second-order valence-corrected chi connectivity index (χ2v) is 6.60. The van der Waals surface area contributed by atoms with Crippen LogP contribution in [0.4, 0.5) is 5.69 Å². The molecule has 9 heteroatoms. The third-order valence-electron chi connectivity index (χ3n) is 4.20. The number of aliphatic hydroxyl groups excluding tert-OH is 1. The summed E-state index contributed by atoms with van der Waals surface area (Å²) in [5.74, 6) is 2.66. The Kier molecular flexibility index (Phi) is 14.2. The Balaban J connectivity index is 0.00000512. The molecule has 2 rings (SSSR count). The van der Waals surface area contributed by atoms with Crippen LogP contribution in [-0.2, 0) is 11.3 Å². The summed E-state index contributed by atoms with van der Waals surface area (Å²) in [4.78, 5) is 4.66. The minimum absolute atomic E-state index is 0. The number of nitrogens with zero attached hydrogens (tertiary/aromatic N) is 1. The first-order chi connectivity index (χ1) is 15.2. The van der Waals surface area contributed by atoms with Gasteiger partial charge in [0.25, 0.3) is 0 Å². The molecule has 2 aromatic rings. The molecule has 0 atom stereocenters. The van der Waals surface area contributed by atoms with Gasteiger partial charge in [0.1, 0.15) is 12.4 Å². The van der Waals surface area contributed by atoms with E-state index in [1.807, 2.05) is 49.4 Å². The van der Waals surface area contributed by atoms with E-state index in [0.29, 0.717) is 37.2 Å². The lowest BCUT2D eigenvalue weighted by molar-refractivity contribution is 0.172. The SMILES string of the molecule is CCNC(=NCc1ccc(OCCO)c(OC)c1)Nc1cccc(OCCCOC)c1.I. The van der Waals surface area contributed by atoms with Crippen molar-refractivity contribution in [3.8, 4) is 17.2 Å². The van der Waals surface area contributed by atoms with E-state index in [1.165, 1.54) is 0 Å². The van der Waals surface area contributed by atoms with Crippen molar-refractivity contribution in [1.82, 2.24) is 5.32 Å². The van der Waals surface area contributed by atoms with E-state index < -0.39 is 0 Å². The molecule has 0 saturated heterocycles. The van der Waals surface area contributed by atoms with Crippen molar-refractivity contribution in [2.45, 2.75) is 19.9 Å². The number of rotatable bonds is 13. The summed E-state index contributed by atoms with van der Waals surface area (Å²) in [6.45, 7) is 4.65. The zero-order valence-corrected chi connectivity index (χ0v) is 21.3. The standard InChI is InChI=1S/C23H33N3O5.HI/c1-4-24-23(26-19-7-5-8-20(16-19)30-13-6-12-28-2)25-17-18-9-10-21(31-14-11-27)22(15-18)29-3;/h5,7-10,15-16,27H,4,6,11-14,17H2,1-3H3,(H2,24,25,26);1H. The molecule has 0 aromatic heterocycles. The minimum Gasteiger partial charge on any atom is -0.493 e. The molecule has 2 aromatic carbocycles. The van der Waals surface area contributed by atoms with Crippen LogP contribution in [0.25, 0.3) is 0 Å². The molecule has 0 aliphatic rings. The van der Waals surface area contributed by atoms with Gasteiger partial charge < -0.3 is 34.7 Å². The largest absolute Gasteiger partial charge is 0.493 e. The first kappa shape index (κ1) is 27.8. The lowest BCUT2D eigenvalue weighted by Crippen LogP contribution is -2.30.